The van der Waals surface area contributed by atoms with Gasteiger partial charge in [-0.05, 0) is 37.0 Å². The van der Waals surface area contributed by atoms with Crippen LogP contribution in [-0.4, -0.2) is 35.1 Å². The number of amides is 2. The fraction of sp³-hybridized carbons (Fsp3) is 0.467. The molecule has 0 bridgehead atoms. The lowest BCUT2D eigenvalue weighted by molar-refractivity contribution is -0.141. The Hall–Kier alpha value is -2.11. The Kier molecular flexibility index (Phi) is 4.77. The van der Waals surface area contributed by atoms with E-state index in [0.29, 0.717) is 31.4 Å². The maximum Gasteiger partial charge on any atom is 0.317 e. The van der Waals surface area contributed by atoms with Crippen molar-refractivity contribution in [3.05, 3.63) is 35.6 Å². The number of carboxylic acid groups (broad SMARTS) is 1. The van der Waals surface area contributed by atoms with Crippen LogP contribution in [-0.2, 0) is 11.3 Å². The highest BCUT2D eigenvalue weighted by atomic mass is 19.1. The Morgan fingerprint density at radius 3 is 2.81 bits per heavy atom. The third-order valence-electron chi connectivity index (χ3n) is 3.76. The van der Waals surface area contributed by atoms with Gasteiger partial charge in [0.05, 0.1) is 5.92 Å². The summed E-state index contributed by atoms with van der Waals surface area (Å²) in [5.41, 5.74) is 0.711. The Morgan fingerprint density at radius 2 is 2.19 bits per heavy atom. The van der Waals surface area contributed by atoms with Crippen LogP contribution in [0.1, 0.15) is 24.8 Å². The number of rotatable bonds is 4. The van der Waals surface area contributed by atoms with E-state index in [4.69, 9.17) is 5.11 Å². The van der Waals surface area contributed by atoms with Gasteiger partial charge in [0.1, 0.15) is 5.82 Å². The van der Waals surface area contributed by atoms with Crippen LogP contribution in [0.25, 0.3) is 0 Å². The third kappa shape index (κ3) is 4.18. The molecule has 2 rings (SSSR count). The van der Waals surface area contributed by atoms with Crippen molar-refractivity contribution < 1.29 is 19.1 Å². The van der Waals surface area contributed by atoms with Crippen molar-refractivity contribution in [3.63, 3.8) is 0 Å². The van der Waals surface area contributed by atoms with E-state index >= 15 is 0 Å². The average molecular weight is 294 g/mol. The lowest BCUT2D eigenvalue weighted by Gasteiger charge is -2.21. The second kappa shape index (κ2) is 6.56. The molecule has 2 amide bonds. The van der Waals surface area contributed by atoms with Crippen LogP contribution in [0.15, 0.2) is 24.3 Å². The van der Waals surface area contributed by atoms with E-state index in [-0.39, 0.29) is 23.8 Å². The number of hydrogen-bond acceptors (Lipinski definition) is 2. The van der Waals surface area contributed by atoms with Crippen LogP contribution in [0, 0.1) is 11.7 Å². The predicted molar refractivity (Wildman–Crippen MR) is 75.2 cm³/mol. The number of carbonyl (C=O) groups is 2. The Labute approximate surface area is 122 Å². The molecule has 114 valence electrons. The van der Waals surface area contributed by atoms with Gasteiger partial charge in [0.15, 0.2) is 0 Å². The minimum absolute atomic E-state index is 0.103. The molecule has 0 aromatic heterocycles. The molecule has 0 aliphatic heterocycles. The first-order valence-electron chi connectivity index (χ1n) is 6.94. The Bertz CT molecular complexity index is 535. The zero-order valence-electron chi connectivity index (χ0n) is 11.9. The van der Waals surface area contributed by atoms with Crippen LogP contribution in [0.4, 0.5) is 9.18 Å². The molecule has 1 aromatic carbocycles. The molecule has 5 nitrogen and oxygen atoms in total. The number of nitrogens with one attached hydrogen (secondary N) is 1. The van der Waals surface area contributed by atoms with Crippen molar-refractivity contribution in [2.24, 2.45) is 5.92 Å². The first kappa shape index (κ1) is 15.3. The van der Waals surface area contributed by atoms with Crippen molar-refractivity contribution in [1.29, 1.82) is 0 Å². The van der Waals surface area contributed by atoms with Crippen LogP contribution >= 0.6 is 0 Å². The minimum atomic E-state index is -0.806. The number of urea groups is 1. The van der Waals surface area contributed by atoms with Crippen molar-refractivity contribution >= 4 is 12.0 Å². The molecule has 1 aliphatic rings. The second-order valence-electron chi connectivity index (χ2n) is 5.48. The molecule has 2 unspecified atom stereocenters. The quantitative estimate of drug-likeness (QED) is 0.894. The summed E-state index contributed by atoms with van der Waals surface area (Å²) >= 11 is 0. The predicted octanol–water partition coefficient (Wildman–Crippen LogP) is 2.22. The molecule has 0 spiro atoms. The van der Waals surface area contributed by atoms with Gasteiger partial charge in [-0.3, -0.25) is 4.79 Å². The molecule has 0 saturated heterocycles. The lowest BCUT2D eigenvalue weighted by Crippen LogP contribution is -2.42. The molecule has 1 aliphatic carbocycles. The van der Waals surface area contributed by atoms with Crippen molar-refractivity contribution in [1.82, 2.24) is 10.2 Å². The third-order valence-corrected chi connectivity index (χ3v) is 3.76. The first-order valence-corrected chi connectivity index (χ1v) is 6.94. The van der Waals surface area contributed by atoms with Gasteiger partial charge < -0.3 is 15.3 Å². The SMILES string of the molecule is CN(Cc1cccc(F)c1)C(=O)NC1CCC(C(=O)O)C1. The molecule has 6 heteroatoms. The van der Waals surface area contributed by atoms with Gasteiger partial charge in [-0.15, -0.1) is 0 Å². The van der Waals surface area contributed by atoms with E-state index in [1.165, 1.54) is 17.0 Å². The number of aliphatic carboxylic acids is 1. The zero-order chi connectivity index (χ0) is 15.4. The van der Waals surface area contributed by atoms with Crippen LogP contribution in [0.3, 0.4) is 0 Å². The summed E-state index contributed by atoms with van der Waals surface area (Å²) < 4.78 is 13.1. The molecule has 1 saturated carbocycles. The zero-order valence-corrected chi connectivity index (χ0v) is 11.9. The maximum atomic E-state index is 13.1. The topological polar surface area (TPSA) is 69.6 Å². The van der Waals surface area contributed by atoms with E-state index in [9.17, 15) is 14.0 Å². The number of carbonyl (C=O) groups excluding carboxylic acids is 1. The molecule has 21 heavy (non-hydrogen) atoms. The monoisotopic (exact) mass is 294 g/mol. The average Bonchev–Trinajstić information content (AvgIpc) is 2.87. The summed E-state index contributed by atoms with van der Waals surface area (Å²) in [4.78, 5) is 24.4. The number of nitrogens with zero attached hydrogens (tertiary/aromatic N) is 1. The van der Waals surface area contributed by atoms with E-state index in [2.05, 4.69) is 5.32 Å². The minimum Gasteiger partial charge on any atom is -0.481 e. The van der Waals surface area contributed by atoms with Gasteiger partial charge in [0, 0.05) is 19.6 Å². The van der Waals surface area contributed by atoms with Gasteiger partial charge in [-0.2, -0.15) is 0 Å². The second-order valence-corrected chi connectivity index (χ2v) is 5.48. The number of halogens is 1. The van der Waals surface area contributed by atoms with Crippen molar-refractivity contribution in [3.8, 4) is 0 Å². The lowest BCUT2D eigenvalue weighted by atomic mass is 10.1. The summed E-state index contributed by atoms with van der Waals surface area (Å²) in [5.74, 6) is -1.51. The highest BCUT2D eigenvalue weighted by Crippen LogP contribution is 2.25. The maximum absolute atomic E-state index is 13.1. The summed E-state index contributed by atoms with van der Waals surface area (Å²) in [6.45, 7) is 0.304. The van der Waals surface area contributed by atoms with E-state index < -0.39 is 5.97 Å². The summed E-state index contributed by atoms with van der Waals surface area (Å²) in [6, 6.07) is 5.73. The highest BCUT2D eigenvalue weighted by molar-refractivity contribution is 5.75. The molecule has 1 aromatic rings. The van der Waals surface area contributed by atoms with Gasteiger partial charge in [-0.25, -0.2) is 9.18 Å². The molecule has 1 fully saturated rings. The Balaban J connectivity index is 1.84. The van der Waals surface area contributed by atoms with E-state index in [1.54, 1.807) is 19.2 Å². The fourth-order valence-corrected chi connectivity index (χ4v) is 2.60. The Morgan fingerprint density at radius 1 is 1.43 bits per heavy atom. The van der Waals surface area contributed by atoms with Crippen LogP contribution in [0.2, 0.25) is 0 Å². The largest absolute Gasteiger partial charge is 0.481 e. The van der Waals surface area contributed by atoms with Gasteiger partial charge in [-0.1, -0.05) is 12.1 Å². The van der Waals surface area contributed by atoms with Crippen molar-refractivity contribution in [2.75, 3.05) is 7.05 Å². The molecule has 0 heterocycles. The summed E-state index contributed by atoms with van der Waals surface area (Å²) in [5, 5.41) is 11.8. The number of carboxylic acids is 1. The van der Waals surface area contributed by atoms with Crippen LogP contribution in [0.5, 0.6) is 0 Å². The molecule has 0 radical (unpaired) electrons. The van der Waals surface area contributed by atoms with Crippen LogP contribution < -0.4 is 5.32 Å². The van der Waals surface area contributed by atoms with E-state index in [0.717, 1.165) is 0 Å². The van der Waals surface area contributed by atoms with Gasteiger partial charge in [0.2, 0.25) is 0 Å². The fourth-order valence-electron chi connectivity index (χ4n) is 2.60. The standard InChI is InChI=1S/C15H19FN2O3/c1-18(9-10-3-2-4-12(16)7-10)15(21)17-13-6-5-11(8-13)14(19)20/h2-4,7,11,13H,5-6,8-9H2,1H3,(H,17,21)(H,19,20). The van der Waals surface area contributed by atoms with Gasteiger partial charge in [0.25, 0.3) is 0 Å². The van der Waals surface area contributed by atoms with Gasteiger partial charge >= 0.3 is 12.0 Å². The first-order chi connectivity index (χ1) is 9.95. The number of hydrogen-bond donors (Lipinski definition) is 2. The smallest absolute Gasteiger partial charge is 0.317 e. The summed E-state index contributed by atoms with van der Waals surface area (Å²) in [7, 11) is 1.63. The molecule has 2 N–H and O–H groups in total. The van der Waals surface area contributed by atoms with Crippen molar-refractivity contribution in [2.45, 2.75) is 31.8 Å². The normalized spacial score (nSPS) is 21.0. The highest BCUT2D eigenvalue weighted by Gasteiger charge is 2.30. The number of benzene rings is 1. The molecular weight excluding hydrogens is 275 g/mol. The molecular formula is C15H19FN2O3. The molecule has 2 atom stereocenters. The summed E-state index contributed by atoms with van der Waals surface area (Å²) in [6.07, 6.45) is 1.74. The van der Waals surface area contributed by atoms with E-state index in [1.807, 2.05) is 0 Å².